The molecule has 2 aromatic heterocycles. The molecule has 2 rings (SSSR count). The quantitative estimate of drug-likeness (QED) is 0.859. The Hall–Kier alpha value is -1.84. The zero-order chi connectivity index (χ0) is 11.5. The zero-order valence-electron chi connectivity index (χ0n) is 9.36. The average Bonchev–Trinajstić information content (AvgIpc) is 2.72. The number of nitrogens with one attached hydrogen (secondary N) is 1. The minimum Gasteiger partial charge on any atom is -0.446 e. The van der Waals surface area contributed by atoms with Crippen molar-refractivity contribution in [1.29, 1.82) is 0 Å². The Morgan fingerprint density at radius 3 is 3.12 bits per heavy atom. The number of pyridine rings is 1. The van der Waals surface area contributed by atoms with E-state index in [1.807, 2.05) is 0 Å². The van der Waals surface area contributed by atoms with E-state index >= 15 is 0 Å². The summed E-state index contributed by atoms with van der Waals surface area (Å²) in [5, 5.41) is 3.69. The molecule has 0 aliphatic heterocycles. The lowest BCUT2D eigenvalue weighted by Crippen LogP contribution is -2.27. The first-order valence-corrected chi connectivity index (χ1v) is 5.28. The van der Waals surface area contributed by atoms with Crippen molar-refractivity contribution in [2.75, 3.05) is 6.54 Å². The molecule has 1 N–H and O–H groups in total. The summed E-state index contributed by atoms with van der Waals surface area (Å²) in [5.41, 5.74) is 1.12. The maximum Gasteiger partial charge on any atom is 0.252 e. The Kier molecular flexibility index (Phi) is 2.90. The SMILES string of the molecule is CC(C)CNC(=O)c1cnc2occc2c1. The van der Waals surface area contributed by atoms with Crippen LogP contribution in [0.4, 0.5) is 0 Å². The van der Waals surface area contributed by atoms with Gasteiger partial charge in [0.15, 0.2) is 0 Å². The summed E-state index contributed by atoms with van der Waals surface area (Å²) in [4.78, 5) is 15.8. The van der Waals surface area contributed by atoms with Crippen LogP contribution < -0.4 is 5.32 Å². The number of nitrogens with zero attached hydrogens (tertiary/aromatic N) is 1. The number of rotatable bonds is 3. The summed E-state index contributed by atoms with van der Waals surface area (Å²) in [5.74, 6) is 0.346. The second-order valence-electron chi connectivity index (χ2n) is 4.14. The number of carbonyl (C=O) groups excluding carboxylic acids is 1. The second-order valence-corrected chi connectivity index (χ2v) is 4.14. The van der Waals surface area contributed by atoms with Gasteiger partial charge in [-0.05, 0) is 18.1 Å². The summed E-state index contributed by atoms with van der Waals surface area (Å²) in [6, 6.07) is 3.57. The molecular formula is C12H14N2O2. The number of aromatic nitrogens is 1. The van der Waals surface area contributed by atoms with Gasteiger partial charge < -0.3 is 9.73 Å². The predicted octanol–water partition coefficient (Wildman–Crippen LogP) is 2.21. The smallest absolute Gasteiger partial charge is 0.252 e. The molecule has 2 aromatic rings. The molecule has 0 aliphatic rings. The maximum absolute atomic E-state index is 11.7. The first kappa shape index (κ1) is 10.7. The summed E-state index contributed by atoms with van der Waals surface area (Å²) >= 11 is 0. The van der Waals surface area contributed by atoms with Crippen LogP contribution in [0.3, 0.4) is 0 Å². The van der Waals surface area contributed by atoms with Crippen LogP contribution in [0, 0.1) is 5.92 Å². The van der Waals surface area contributed by atoms with E-state index in [9.17, 15) is 4.79 Å². The van der Waals surface area contributed by atoms with E-state index in [1.165, 1.54) is 6.20 Å². The molecule has 0 radical (unpaired) electrons. The third-order valence-electron chi connectivity index (χ3n) is 2.24. The van der Waals surface area contributed by atoms with Gasteiger partial charge in [0.25, 0.3) is 5.91 Å². The van der Waals surface area contributed by atoms with Crippen molar-refractivity contribution in [3.8, 4) is 0 Å². The Morgan fingerprint density at radius 2 is 2.38 bits per heavy atom. The van der Waals surface area contributed by atoms with E-state index in [2.05, 4.69) is 24.1 Å². The van der Waals surface area contributed by atoms with Crippen LogP contribution in [0.5, 0.6) is 0 Å². The molecule has 1 amide bonds. The molecule has 0 spiro atoms. The van der Waals surface area contributed by atoms with Crippen molar-refractivity contribution in [3.63, 3.8) is 0 Å². The molecule has 84 valence electrons. The van der Waals surface area contributed by atoms with Gasteiger partial charge in [0, 0.05) is 18.1 Å². The second kappa shape index (κ2) is 4.35. The van der Waals surface area contributed by atoms with Crippen molar-refractivity contribution < 1.29 is 9.21 Å². The lowest BCUT2D eigenvalue weighted by Gasteiger charge is -2.06. The predicted molar refractivity (Wildman–Crippen MR) is 61.2 cm³/mol. The molecule has 0 aromatic carbocycles. The van der Waals surface area contributed by atoms with E-state index in [1.54, 1.807) is 18.4 Å². The highest BCUT2D eigenvalue weighted by Crippen LogP contribution is 2.13. The molecule has 4 heteroatoms. The summed E-state index contributed by atoms with van der Waals surface area (Å²) < 4.78 is 5.11. The highest BCUT2D eigenvalue weighted by molar-refractivity contribution is 5.96. The number of carbonyl (C=O) groups is 1. The van der Waals surface area contributed by atoms with Gasteiger partial charge in [0.1, 0.15) is 0 Å². The monoisotopic (exact) mass is 218 g/mol. The topological polar surface area (TPSA) is 55.1 Å². The number of hydrogen-bond donors (Lipinski definition) is 1. The highest BCUT2D eigenvalue weighted by atomic mass is 16.3. The molecule has 0 aliphatic carbocycles. The van der Waals surface area contributed by atoms with Crippen molar-refractivity contribution in [2.45, 2.75) is 13.8 Å². The largest absolute Gasteiger partial charge is 0.446 e. The van der Waals surface area contributed by atoms with Gasteiger partial charge in [-0.2, -0.15) is 0 Å². The van der Waals surface area contributed by atoms with Crippen LogP contribution in [0.15, 0.2) is 29.0 Å². The van der Waals surface area contributed by atoms with Gasteiger partial charge in [0.05, 0.1) is 11.8 Å². The van der Waals surface area contributed by atoms with E-state index in [0.717, 1.165) is 5.39 Å². The molecule has 2 heterocycles. The lowest BCUT2D eigenvalue weighted by molar-refractivity contribution is 0.0949. The van der Waals surface area contributed by atoms with E-state index in [-0.39, 0.29) is 5.91 Å². The molecule has 0 atom stereocenters. The fraction of sp³-hybridized carbons (Fsp3) is 0.333. The van der Waals surface area contributed by atoms with Gasteiger partial charge in [-0.1, -0.05) is 13.8 Å². The molecule has 0 bridgehead atoms. The van der Waals surface area contributed by atoms with Gasteiger partial charge >= 0.3 is 0 Å². The van der Waals surface area contributed by atoms with Crippen molar-refractivity contribution in [1.82, 2.24) is 10.3 Å². The Balaban J connectivity index is 2.16. The third kappa shape index (κ3) is 2.21. The van der Waals surface area contributed by atoms with Crippen LogP contribution in [-0.2, 0) is 0 Å². The fourth-order valence-corrected chi connectivity index (χ4v) is 1.38. The molecule has 0 fully saturated rings. The van der Waals surface area contributed by atoms with Crippen LogP contribution in [-0.4, -0.2) is 17.4 Å². The van der Waals surface area contributed by atoms with Crippen LogP contribution in [0.2, 0.25) is 0 Å². The Bertz CT molecular complexity index is 502. The van der Waals surface area contributed by atoms with Gasteiger partial charge in [-0.15, -0.1) is 0 Å². The Morgan fingerprint density at radius 1 is 1.56 bits per heavy atom. The first-order chi connectivity index (χ1) is 7.66. The first-order valence-electron chi connectivity index (χ1n) is 5.28. The van der Waals surface area contributed by atoms with Gasteiger partial charge in [0.2, 0.25) is 5.71 Å². The van der Waals surface area contributed by atoms with Crippen LogP contribution in [0.1, 0.15) is 24.2 Å². The van der Waals surface area contributed by atoms with Crippen LogP contribution in [0.25, 0.3) is 11.1 Å². The standard InChI is InChI=1S/C12H14N2O2/c1-8(2)6-13-11(15)10-5-9-3-4-16-12(9)14-7-10/h3-5,7-8H,6H2,1-2H3,(H,13,15). The van der Waals surface area contributed by atoms with Crippen LogP contribution >= 0.6 is 0 Å². The third-order valence-corrected chi connectivity index (χ3v) is 2.24. The number of amides is 1. The summed E-state index contributed by atoms with van der Waals surface area (Å²) in [6.07, 6.45) is 3.09. The van der Waals surface area contributed by atoms with E-state index in [4.69, 9.17) is 4.42 Å². The van der Waals surface area contributed by atoms with E-state index in [0.29, 0.717) is 23.7 Å². The van der Waals surface area contributed by atoms with Crippen molar-refractivity contribution >= 4 is 17.0 Å². The van der Waals surface area contributed by atoms with Crippen molar-refractivity contribution in [3.05, 3.63) is 30.2 Å². The highest BCUT2D eigenvalue weighted by Gasteiger charge is 2.08. The maximum atomic E-state index is 11.7. The lowest BCUT2D eigenvalue weighted by atomic mass is 10.2. The minimum absolute atomic E-state index is 0.0932. The van der Waals surface area contributed by atoms with E-state index < -0.39 is 0 Å². The molecule has 0 saturated heterocycles. The Labute approximate surface area is 93.7 Å². The molecule has 0 saturated carbocycles. The molecule has 0 unspecified atom stereocenters. The van der Waals surface area contributed by atoms with Crippen molar-refractivity contribution in [2.24, 2.45) is 5.92 Å². The number of hydrogen-bond acceptors (Lipinski definition) is 3. The minimum atomic E-state index is -0.0932. The fourth-order valence-electron chi connectivity index (χ4n) is 1.38. The number of fused-ring (bicyclic) bond motifs is 1. The average molecular weight is 218 g/mol. The molecule has 4 nitrogen and oxygen atoms in total. The number of furan rings is 1. The summed E-state index contributed by atoms with van der Waals surface area (Å²) in [7, 11) is 0. The molecule has 16 heavy (non-hydrogen) atoms. The summed E-state index contributed by atoms with van der Waals surface area (Å²) in [6.45, 7) is 4.78. The molecular weight excluding hydrogens is 204 g/mol. The van der Waals surface area contributed by atoms with Gasteiger partial charge in [-0.3, -0.25) is 4.79 Å². The zero-order valence-corrected chi connectivity index (χ0v) is 9.36. The normalized spacial score (nSPS) is 10.9. The van der Waals surface area contributed by atoms with Gasteiger partial charge in [-0.25, -0.2) is 4.98 Å².